The molecular weight excluding hydrogens is 428 g/mol. The molecule has 0 bridgehead atoms. The number of amides is 2. The summed E-state index contributed by atoms with van der Waals surface area (Å²) < 4.78 is 0. The van der Waals surface area contributed by atoms with E-state index in [1.165, 1.54) is 5.56 Å². The maximum Gasteiger partial charge on any atom is 0.255 e. The fourth-order valence-corrected chi connectivity index (χ4v) is 5.42. The third-order valence-electron chi connectivity index (χ3n) is 5.93. The molecule has 0 aliphatic carbocycles. The average Bonchev–Trinajstić information content (AvgIpc) is 3.28. The fourth-order valence-electron chi connectivity index (χ4n) is 3.99. The Kier molecular flexibility index (Phi) is 6.89. The number of hydrogen-bond acceptors (Lipinski definition) is 3. The monoisotopic (exact) mass is 458 g/mol. The van der Waals surface area contributed by atoms with E-state index in [1.807, 2.05) is 60.7 Å². The van der Waals surface area contributed by atoms with Crippen molar-refractivity contribution >= 4 is 23.6 Å². The molecule has 4 nitrogen and oxygen atoms in total. The quantitative estimate of drug-likeness (QED) is 0.545. The fraction of sp³-hybridized carbons (Fsp3) is 0.286. The van der Waals surface area contributed by atoms with Crippen LogP contribution in [0.1, 0.15) is 53.2 Å². The minimum absolute atomic E-state index is 0.0563. The van der Waals surface area contributed by atoms with Crippen molar-refractivity contribution in [1.29, 1.82) is 0 Å². The highest BCUT2D eigenvalue weighted by molar-refractivity contribution is 7.99. The largest absolute Gasteiger partial charge is 0.350 e. The van der Waals surface area contributed by atoms with E-state index in [0.717, 1.165) is 11.1 Å². The first-order valence-corrected chi connectivity index (χ1v) is 12.3. The summed E-state index contributed by atoms with van der Waals surface area (Å²) in [5.41, 5.74) is 3.97. The van der Waals surface area contributed by atoms with Gasteiger partial charge in [-0.1, -0.05) is 93.6 Å². The maximum absolute atomic E-state index is 13.6. The third kappa shape index (κ3) is 5.31. The van der Waals surface area contributed by atoms with Gasteiger partial charge in [-0.05, 0) is 34.2 Å². The van der Waals surface area contributed by atoms with Gasteiger partial charge in [0.25, 0.3) is 5.91 Å². The zero-order chi connectivity index (χ0) is 23.4. The van der Waals surface area contributed by atoms with Crippen molar-refractivity contribution in [2.75, 3.05) is 5.75 Å². The van der Waals surface area contributed by atoms with Gasteiger partial charge in [0.2, 0.25) is 5.91 Å². The lowest BCUT2D eigenvalue weighted by molar-refractivity contribution is -0.125. The molecule has 2 amide bonds. The summed E-state index contributed by atoms with van der Waals surface area (Å²) in [7, 11) is 0. The van der Waals surface area contributed by atoms with Crippen LogP contribution in [-0.4, -0.2) is 28.5 Å². The molecule has 1 N–H and O–H groups in total. The van der Waals surface area contributed by atoms with E-state index >= 15 is 0 Å². The predicted molar refractivity (Wildman–Crippen MR) is 135 cm³/mol. The molecule has 1 saturated heterocycles. The first-order valence-electron chi connectivity index (χ1n) is 11.3. The SMILES string of the molecule is CC(C)(C)c1ccc(C2SCC(C(=O)NCc3ccccc3)N2C(=O)c2ccccc2)cc1. The molecule has 170 valence electrons. The lowest BCUT2D eigenvalue weighted by Gasteiger charge is -2.29. The topological polar surface area (TPSA) is 49.4 Å². The van der Waals surface area contributed by atoms with Crippen LogP contribution in [-0.2, 0) is 16.8 Å². The summed E-state index contributed by atoms with van der Waals surface area (Å²) in [6, 6.07) is 27.0. The highest BCUT2D eigenvalue weighted by atomic mass is 32.2. The van der Waals surface area contributed by atoms with Crippen molar-refractivity contribution in [3.8, 4) is 0 Å². The highest BCUT2D eigenvalue weighted by Crippen LogP contribution is 2.42. The average molecular weight is 459 g/mol. The van der Waals surface area contributed by atoms with Crippen LogP contribution in [0.5, 0.6) is 0 Å². The standard InChI is InChI=1S/C28H30N2O2S/c1-28(2,3)23-16-14-22(15-17-23)27-30(26(32)21-12-8-5-9-13-21)24(19-33-27)25(31)29-18-20-10-6-4-7-11-20/h4-17,24,27H,18-19H2,1-3H3,(H,29,31). The summed E-state index contributed by atoms with van der Waals surface area (Å²) in [6.07, 6.45) is 0. The van der Waals surface area contributed by atoms with Gasteiger partial charge in [-0.2, -0.15) is 0 Å². The van der Waals surface area contributed by atoms with Gasteiger partial charge in [-0.3, -0.25) is 9.59 Å². The van der Waals surface area contributed by atoms with E-state index in [0.29, 0.717) is 17.9 Å². The number of hydrogen-bond donors (Lipinski definition) is 1. The molecule has 0 aromatic heterocycles. The van der Waals surface area contributed by atoms with E-state index < -0.39 is 6.04 Å². The zero-order valence-corrected chi connectivity index (χ0v) is 20.1. The number of nitrogens with zero attached hydrogens (tertiary/aromatic N) is 1. The van der Waals surface area contributed by atoms with Crippen LogP contribution < -0.4 is 5.32 Å². The molecule has 1 heterocycles. The smallest absolute Gasteiger partial charge is 0.255 e. The van der Waals surface area contributed by atoms with Crippen molar-refractivity contribution in [3.05, 3.63) is 107 Å². The van der Waals surface area contributed by atoms with Gasteiger partial charge in [0.05, 0.1) is 0 Å². The summed E-state index contributed by atoms with van der Waals surface area (Å²) >= 11 is 1.64. The van der Waals surface area contributed by atoms with Crippen LogP contribution in [0.25, 0.3) is 0 Å². The number of thioether (sulfide) groups is 1. The van der Waals surface area contributed by atoms with Crippen molar-refractivity contribution < 1.29 is 9.59 Å². The molecule has 1 fully saturated rings. The number of carbonyl (C=O) groups excluding carboxylic acids is 2. The lowest BCUT2D eigenvalue weighted by Crippen LogP contribution is -2.47. The van der Waals surface area contributed by atoms with Gasteiger partial charge < -0.3 is 10.2 Å². The predicted octanol–water partition coefficient (Wildman–Crippen LogP) is 5.56. The van der Waals surface area contributed by atoms with E-state index in [9.17, 15) is 9.59 Å². The zero-order valence-electron chi connectivity index (χ0n) is 19.3. The Morgan fingerprint density at radius 3 is 2.12 bits per heavy atom. The Hall–Kier alpha value is -3.05. The number of carbonyl (C=O) groups is 2. The summed E-state index contributed by atoms with van der Waals surface area (Å²) in [5, 5.41) is 2.82. The van der Waals surface area contributed by atoms with Crippen LogP contribution in [0, 0.1) is 0 Å². The molecule has 3 aromatic carbocycles. The lowest BCUT2D eigenvalue weighted by atomic mass is 9.86. The summed E-state index contributed by atoms with van der Waals surface area (Å²) in [4.78, 5) is 28.5. The highest BCUT2D eigenvalue weighted by Gasteiger charge is 2.42. The molecular formula is C28H30N2O2S. The minimum Gasteiger partial charge on any atom is -0.350 e. The normalized spacial score (nSPS) is 18.2. The van der Waals surface area contributed by atoms with Gasteiger partial charge in [0, 0.05) is 17.9 Å². The van der Waals surface area contributed by atoms with Crippen molar-refractivity contribution in [1.82, 2.24) is 10.2 Å². The Morgan fingerprint density at radius 1 is 0.909 bits per heavy atom. The number of benzene rings is 3. The molecule has 1 aliphatic rings. The molecule has 0 radical (unpaired) electrons. The summed E-state index contributed by atoms with van der Waals surface area (Å²) in [6.45, 7) is 7.00. The third-order valence-corrected chi connectivity index (χ3v) is 7.25. The molecule has 0 saturated carbocycles. The van der Waals surface area contributed by atoms with Gasteiger partial charge in [-0.25, -0.2) is 0 Å². The number of rotatable bonds is 5. The molecule has 4 rings (SSSR count). The van der Waals surface area contributed by atoms with Crippen LogP contribution in [0.4, 0.5) is 0 Å². The van der Waals surface area contributed by atoms with Crippen molar-refractivity contribution in [2.45, 2.75) is 44.1 Å². The van der Waals surface area contributed by atoms with Gasteiger partial charge in [0.1, 0.15) is 11.4 Å². The van der Waals surface area contributed by atoms with Gasteiger partial charge in [-0.15, -0.1) is 11.8 Å². The molecule has 2 unspecified atom stereocenters. The Bertz CT molecular complexity index is 1090. The van der Waals surface area contributed by atoms with E-state index in [-0.39, 0.29) is 22.6 Å². The van der Waals surface area contributed by atoms with Crippen LogP contribution in [0.3, 0.4) is 0 Å². The van der Waals surface area contributed by atoms with Crippen molar-refractivity contribution in [3.63, 3.8) is 0 Å². The maximum atomic E-state index is 13.6. The van der Waals surface area contributed by atoms with Crippen LogP contribution in [0.15, 0.2) is 84.9 Å². The molecule has 3 aromatic rings. The van der Waals surface area contributed by atoms with Gasteiger partial charge >= 0.3 is 0 Å². The first kappa shape index (κ1) is 23.1. The second kappa shape index (κ2) is 9.84. The first-order chi connectivity index (χ1) is 15.8. The second-order valence-corrected chi connectivity index (χ2v) is 10.5. The Labute approximate surface area is 200 Å². The summed E-state index contributed by atoms with van der Waals surface area (Å²) in [5.74, 6) is 0.319. The molecule has 2 atom stereocenters. The van der Waals surface area contributed by atoms with E-state index in [1.54, 1.807) is 16.7 Å². The van der Waals surface area contributed by atoms with Crippen LogP contribution in [0.2, 0.25) is 0 Å². The van der Waals surface area contributed by atoms with Crippen LogP contribution >= 0.6 is 11.8 Å². The molecule has 33 heavy (non-hydrogen) atoms. The van der Waals surface area contributed by atoms with Crippen molar-refractivity contribution in [2.24, 2.45) is 0 Å². The molecule has 1 aliphatic heterocycles. The molecule has 0 spiro atoms. The Balaban J connectivity index is 1.60. The minimum atomic E-state index is -0.529. The number of nitrogens with one attached hydrogen (secondary N) is 1. The van der Waals surface area contributed by atoms with E-state index in [2.05, 4.69) is 50.4 Å². The molecule has 5 heteroatoms. The van der Waals surface area contributed by atoms with E-state index in [4.69, 9.17) is 0 Å². The van der Waals surface area contributed by atoms with Gasteiger partial charge in [0.15, 0.2) is 0 Å². The Morgan fingerprint density at radius 2 is 1.52 bits per heavy atom. The second-order valence-electron chi connectivity index (χ2n) is 9.36.